The Hall–Kier alpha value is -4.67. The van der Waals surface area contributed by atoms with Crippen molar-refractivity contribution in [3.8, 4) is 11.1 Å². The highest BCUT2D eigenvalue weighted by molar-refractivity contribution is 5.94. The van der Waals surface area contributed by atoms with Crippen molar-refractivity contribution in [1.29, 1.82) is 0 Å². The lowest BCUT2D eigenvalue weighted by Gasteiger charge is -2.17. The summed E-state index contributed by atoms with van der Waals surface area (Å²) in [6, 6.07) is 11.7. The second kappa shape index (κ2) is 17.4. The van der Waals surface area contributed by atoms with Crippen LogP contribution in [-0.4, -0.2) is 86.0 Å². The smallest absolute Gasteiger partial charge is 0.475 e. The summed E-state index contributed by atoms with van der Waals surface area (Å²) in [6.45, 7) is 8.04. The summed E-state index contributed by atoms with van der Waals surface area (Å²) in [7, 11) is 1.88. The fourth-order valence-electron chi connectivity index (χ4n) is 3.28. The lowest BCUT2D eigenvalue weighted by molar-refractivity contribution is -0.193. The number of aliphatic carboxylic acids is 2. The number of aryl methyl sites for hydroxylation is 1. The molecule has 2 aromatic heterocycles. The number of carboxylic acid groups (broad SMARTS) is 2. The molecule has 17 heteroatoms. The van der Waals surface area contributed by atoms with E-state index in [0.717, 1.165) is 42.9 Å². The molecule has 2 heterocycles. The zero-order chi connectivity index (χ0) is 33.5. The molecule has 0 aliphatic rings. The van der Waals surface area contributed by atoms with E-state index in [4.69, 9.17) is 19.8 Å². The van der Waals surface area contributed by atoms with Crippen molar-refractivity contribution in [2.75, 3.05) is 31.5 Å². The Kier molecular flexibility index (Phi) is 14.8. The molecule has 0 bridgehead atoms. The van der Waals surface area contributed by atoms with Gasteiger partial charge < -0.3 is 30.3 Å². The minimum Gasteiger partial charge on any atom is -0.475 e. The normalized spacial score (nSPS) is 11.0. The summed E-state index contributed by atoms with van der Waals surface area (Å²) >= 11 is 0. The molecule has 242 valence electrons. The number of halogens is 6. The van der Waals surface area contributed by atoms with E-state index in [1.807, 2.05) is 54.2 Å². The number of aromatic nitrogens is 3. The van der Waals surface area contributed by atoms with E-state index in [1.54, 1.807) is 12.4 Å². The van der Waals surface area contributed by atoms with Gasteiger partial charge in [0.2, 0.25) is 5.95 Å². The van der Waals surface area contributed by atoms with Crippen LogP contribution in [-0.2, 0) is 16.6 Å². The van der Waals surface area contributed by atoms with E-state index < -0.39 is 24.3 Å². The van der Waals surface area contributed by atoms with Crippen LogP contribution in [0.15, 0.2) is 55.0 Å². The molecule has 11 nitrogen and oxygen atoms in total. The van der Waals surface area contributed by atoms with Crippen LogP contribution in [0.3, 0.4) is 0 Å². The zero-order valence-corrected chi connectivity index (χ0v) is 23.9. The maximum Gasteiger partial charge on any atom is 0.490 e. The molecule has 3 aromatic rings. The average molecular weight is 635 g/mol. The van der Waals surface area contributed by atoms with Gasteiger partial charge in [0.1, 0.15) is 5.69 Å². The van der Waals surface area contributed by atoms with E-state index in [9.17, 15) is 31.1 Å². The number of nitrogens with one attached hydrogen (secondary N) is 2. The van der Waals surface area contributed by atoms with Crippen LogP contribution < -0.4 is 10.6 Å². The predicted molar refractivity (Wildman–Crippen MR) is 148 cm³/mol. The number of amides is 1. The number of carboxylic acids is 2. The standard InChI is InChI=1S/C23H30N6O.2C2HF3O2/c1-4-29(5-2)13-9-12-24-22(30)21-14-18(17-28(21)3)19-15-25-23(26-16-19)27-20-10-7-6-8-11-20;2*3-2(4,5)1(6)7/h6-8,10-11,14-17H,4-5,9,12-13H2,1-3H3,(H,24,30)(H,25,26,27);2*(H,6,7). The highest BCUT2D eigenvalue weighted by Gasteiger charge is 2.38. The number of hydrogen-bond acceptors (Lipinski definition) is 7. The quantitative estimate of drug-likeness (QED) is 0.179. The van der Waals surface area contributed by atoms with Crippen molar-refractivity contribution in [3.63, 3.8) is 0 Å². The number of carbonyl (C=O) groups is 3. The molecule has 4 N–H and O–H groups in total. The molecule has 0 aliphatic carbocycles. The maximum absolute atomic E-state index is 12.6. The molecule has 1 aromatic carbocycles. The largest absolute Gasteiger partial charge is 0.490 e. The highest BCUT2D eigenvalue weighted by Crippen LogP contribution is 2.22. The zero-order valence-electron chi connectivity index (χ0n) is 23.9. The molecular formula is C27H32F6N6O5. The van der Waals surface area contributed by atoms with E-state index in [1.165, 1.54) is 0 Å². The number of nitrogens with zero attached hydrogens (tertiary/aromatic N) is 4. The summed E-state index contributed by atoms with van der Waals surface area (Å²) in [6.07, 6.45) is -3.78. The third-order valence-electron chi connectivity index (χ3n) is 5.57. The monoisotopic (exact) mass is 634 g/mol. The number of carbonyl (C=O) groups excluding carboxylic acids is 1. The van der Waals surface area contributed by atoms with Crippen molar-refractivity contribution >= 4 is 29.5 Å². The van der Waals surface area contributed by atoms with Gasteiger partial charge in [0.05, 0.1) is 0 Å². The number of benzene rings is 1. The molecule has 1 amide bonds. The van der Waals surface area contributed by atoms with Crippen LogP contribution in [0.1, 0.15) is 30.8 Å². The molecule has 44 heavy (non-hydrogen) atoms. The third-order valence-corrected chi connectivity index (χ3v) is 5.57. The molecule has 0 saturated carbocycles. The van der Waals surface area contributed by atoms with E-state index in [2.05, 4.69) is 39.3 Å². The van der Waals surface area contributed by atoms with Gasteiger partial charge in [-0.2, -0.15) is 26.3 Å². The predicted octanol–water partition coefficient (Wildman–Crippen LogP) is 4.95. The van der Waals surface area contributed by atoms with Gasteiger partial charge >= 0.3 is 24.3 Å². The van der Waals surface area contributed by atoms with Gasteiger partial charge in [-0.15, -0.1) is 0 Å². The van der Waals surface area contributed by atoms with Crippen LogP contribution in [0.5, 0.6) is 0 Å². The summed E-state index contributed by atoms with van der Waals surface area (Å²) in [4.78, 5) is 41.5. The highest BCUT2D eigenvalue weighted by atomic mass is 19.4. The molecule has 0 spiro atoms. The number of anilines is 2. The second-order valence-corrected chi connectivity index (χ2v) is 8.75. The van der Waals surface area contributed by atoms with Crippen molar-refractivity contribution < 1.29 is 50.9 Å². The molecule has 0 radical (unpaired) electrons. The number of para-hydroxylation sites is 1. The minimum absolute atomic E-state index is 0.0634. The van der Waals surface area contributed by atoms with Crippen LogP contribution in [0.25, 0.3) is 11.1 Å². The van der Waals surface area contributed by atoms with Crippen LogP contribution in [0, 0.1) is 0 Å². The Morgan fingerprint density at radius 3 is 1.84 bits per heavy atom. The molecule has 0 unspecified atom stereocenters. The Labute approximate surface area is 248 Å². The SMILES string of the molecule is CCN(CC)CCCNC(=O)c1cc(-c2cnc(Nc3ccccc3)nc2)cn1C.O=C(O)C(F)(F)F.O=C(O)C(F)(F)F. The topological polar surface area (TPSA) is 150 Å². The number of hydrogen-bond donors (Lipinski definition) is 4. The Balaban J connectivity index is 0.000000574. The van der Waals surface area contributed by atoms with Crippen LogP contribution in [0.4, 0.5) is 38.0 Å². The molecular weight excluding hydrogens is 602 g/mol. The lowest BCUT2D eigenvalue weighted by Crippen LogP contribution is -2.30. The first kappa shape index (κ1) is 37.4. The number of alkyl halides is 6. The summed E-state index contributed by atoms with van der Waals surface area (Å²) < 4.78 is 65.3. The molecule has 0 atom stereocenters. The Morgan fingerprint density at radius 1 is 0.886 bits per heavy atom. The van der Waals surface area contributed by atoms with Gasteiger partial charge in [-0.25, -0.2) is 19.6 Å². The van der Waals surface area contributed by atoms with Gasteiger partial charge in [0.15, 0.2) is 0 Å². The Morgan fingerprint density at radius 2 is 1.39 bits per heavy atom. The van der Waals surface area contributed by atoms with Crippen LogP contribution in [0.2, 0.25) is 0 Å². The van der Waals surface area contributed by atoms with Crippen molar-refractivity contribution in [2.45, 2.75) is 32.6 Å². The van der Waals surface area contributed by atoms with Gasteiger partial charge in [0, 0.05) is 49.0 Å². The van der Waals surface area contributed by atoms with Crippen LogP contribution >= 0.6 is 0 Å². The molecule has 0 aliphatic heterocycles. The second-order valence-electron chi connectivity index (χ2n) is 8.75. The van der Waals surface area contributed by atoms with Gasteiger partial charge in [-0.05, 0) is 44.3 Å². The van der Waals surface area contributed by atoms with E-state index >= 15 is 0 Å². The Bertz CT molecular complexity index is 1300. The van der Waals surface area contributed by atoms with Gasteiger partial charge in [0.25, 0.3) is 5.91 Å². The summed E-state index contributed by atoms with van der Waals surface area (Å²) in [5, 5.41) is 20.4. The van der Waals surface area contributed by atoms with Crippen molar-refractivity contribution in [2.24, 2.45) is 7.05 Å². The summed E-state index contributed by atoms with van der Waals surface area (Å²) in [5.41, 5.74) is 3.34. The average Bonchev–Trinajstić information content (AvgIpc) is 3.35. The van der Waals surface area contributed by atoms with Crippen molar-refractivity contribution in [1.82, 2.24) is 24.8 Å². The number of rotatable bonds is 10. The molecule has 3 rings (SSSR count). The molecule has 0 saturated heterocycles. The molecule has 0 fully saturated rings. The lowest BCUT2D eigenvalue weighted by atomic mass is 10.2. The van der Waals surface area contributed by atoms with Gasteiger partial charge in [-0.1, -0.05) is 32.0 Å². The third kappa shape index (κ3) is 13.5. The first-order valence-electron chi connectivity index (χ1n) is 12.9. The first-order valence-corrected chi connectivity index (χ1v) is 12.9. The maximum atomic E-state index is 12.6. The first-order chi connectivity index (χ1) is 20.5. The summed E-state index contributed by atoms with van der Waals surface area (Å²) in [5.74, 6) is -5.04. The van der Waals surface area contributed by atoms with Gasteiger partial charge in [-0.3, -0.25) is 4.79 Å². The van der Waals surface area contributed by atoms with E-state index in [0.29, 0.717) is 18.2 Å². The fourth-order valence-corrected chi connectivity index (χ4v) is 3.28. The minimum atomic E-state index is -5.08. The van der Waals surface area contributed by atoms with E-state index in [-0.39, 0.29) is 5.91 Å². The van der Waals surface area contributed by atoms with Crippen molar-refractivity contribution in [3.05, 3.63) is 60.7 Å². The fraction of sp³-hybridized carbons (Fsp3) is 0.370.